The van der Waals surface area contributed by atoms with Gasteiger partial charge in [-0.2, -0.15) is 0 Å². The van der Waals surface area contributed by atoms with Crippen molar-refractivity contribution in [3.8, 4) is 0 Å². The fourth-order valence-electron chi connectivity index (χ4n) is 1.94. The molecule has 1 aliphatic heterocycles. The SMILES string of the molecule is NC(=O)c1ncn([C@@H]2O[C@H](COC(=O)[C@H](N)CO)[C@@H](O)[C@H]2O)n1. The Kier molecular flexibility index (Phi) is 5.23. The van der Waals surface area contributed by atoms with Gasteiger partial charge < -0.3 is 36.3 Å². The Balaban J connectivity index is 2.00. The van der Waals surface area contributed by atoms with Crippen molar-refractivity contribution in [2.24, 2.45) is 11.5 Å². The third-order valence-corrected chi connectivity index (χ3v) is 3.22. The molecule has 1 aromatic heterocycles. The molecule has 0 aromatic carbocycles. The van der Waals surface area contributed by atoms with E-state index < -0.39 is 55.7 Å². The third kappa shape index (κ3) is 3.62. The molecule has 0 radical (unpaired) electrons. The van der Waals surface area contributed by atoms with Crippen LogP contribution in [0.3, 0.4) is 0 Å². The van der Waals surface area contributed by atoms with Gasteiger partial charge in [0.1, 0.15) is 37.3 Å². The van der Waals surface area contributed by atoms with E-state index in [0.29, 0.717) is 0 Å². The predicted octanol–water partition coefficient (Wildman–Crippen LogP) is -4.14. The summed E-state index contributed by atoms with van der Waals surface area (Å²) in [6.07, 6.45) is -3.85. The van der Waals surface area contributed by atoms with Crippen molar-refractivity contribution in [1.29, 1.82) is 0 Å². The molecule has 1 saturated heterocycles. The standard InChI is InChI=1S/C11H17N5O7/c12-4(1-17)11(21)22-2-5-6(18)7(19)10(23-5)16-3-14-9(15-16)8(13)20/h3-7,10,17-19H,1-2,12H2,(H2,13,20)/t4-,5-,6-,7-,10-/m1/s1. The van der Waals surface area contributed by atoms with Gasteiger partial charge in [0.15, 0.2) is 6.23 Å². The van der Waals surface area contributed by atoms with Crippen LogP contribution < -0.4 is 11.5 Å². The lowest BCUT2D eigenvalue weighted by Crippen LogP contribution is -2.39. The lowest BCUT2D eigenvalue weighted by molar-refractivity contribution is -0.152. The molecule has 0 saturated carbocycles. The first-order valence-electron chi connectivity index (χ1n) is 6.60. The second-order valence-corrected chi connectivity index (χ2v) is 4.88. The second kappa shape index (κ2) is 6.97. The van der Waals surface area contributed by atoms with E-state index in [2.05, 4.69) is 10.1 Å². The normalized spacial score (nSPS) is 28.5. The number of hydrogen-bond acceptors (Lipinski definition) is 10. The first kappa shape index (κ1) is 17.2. The van der Waals surface area contributed by atoms with Crippen LogP contribution in [0.1, 0.15) is 16.8 Å². The van der Waals surface area contributed by atoms with E-state index in [0.717, 1.165) is 11.0 Å². The second-order valence-electron chi connectivity index (χ2n) is 4.88. The van der Waals surface area contributed by atoms with E-state index in [1.54, 1.807) is 0 Å². The van der Waals surface area contributed by atoms with Crippen LogP contribution >= 0.6 is 0 Å². The summed E-state index contributed by atoms with van der Waals surface area (Å²) in [5.41, 5.74) is 10.3. The summed E-state index contributed by atoms with van der Waals surface area (Å²) >= 11 is 0. The van der Waals surface area contributed by atoms with Crippen LogP contribution in [0.5, 0.6) is 0 Å². The van der Waals surface area contributed by atoms with Crippen molar-refractivity contribution in [3.05, 3.63) is 12.2 Å². The Morgan fingerprint density at radius 1 is 1.43 bits per heavy atom. The number of aliphatic hydroxyl groups is 3. The van der Waals surface area contributed by atoms with Crippen molar-refractivity contribution in [3.63, 3.8) is 0 Å². The van der Waals surface area contributed by atoms with Gasteiger partial charge in [0.05, 0.1) is 6.61 Å². The Morgan fingerprint density at radius 2 is 2.13 bits per heavy atom. The molecule has 0 aliphatic carbocycles. The third-order valence-electron chi connectivity index (χ3n) is 3.22. The molecule has 0 bridgehead atoms. The Hall–Kier alpha value is -2.12. The van der Waals surface area contributed by atoms with Gasteiger partial charge in [0.25, 0.3) is 5.91 Å². The molecule has 7 N–H and O–H groups in total. The van der Waals surface area contributed by atoms with E-state index in [1.165, 1.54) is 0 Å². The van der Waals surface area contributed by atoms with Gasteiger partial charge in [-0.25, -0.2) is 9.67 Å². The molecule has 23 heavy (non-hydrogen) atoms. The molecular weight excluding hydrogens is 314 g/mol. The van der Waals surface area contributed by atoms with Gasteiger partial charge in [0.2, 0.25) is 5.82 Å². The van der Waals surface area contributed by atoms with Crippen molar-refractivity contribution < 1.29 is 34.4 Å². The lowest BCUT2D eigenvalue weighted by Gasteiger charge is -2.15. The van der Waals surface area contributed by atoms with Gasteiger partial charge in [-0.1, -0.05) is 0 Å². The molecule has 2 heterocycles. The van der Waals surface area contributed by atoms with Crippen LogP contribution in [0.2, 0.25) is 0 Å². The number of primary amides is 1. The largest absolute Gasteiger partial charge is 0.462 e. The number of carbonyl (C=O) groups is 2. The average Bonchev–Trinajstić information content (AvgIpc) is 3.11. The van der Waals surface area contributed by atoms with Crippen LogP contribution in [-0.4, -0.2) is 79.5 Å². The van der Waals surface area contributed by atoms with E-state index in [4.69, 9.17) is 26.0 Å². The minimum Gasteiger partial charge on any atom is -0.462 e. The van der Waals surface area contributed by atoms with Crippen LogP contribution in [0.4, 0.5) is 0 Å². The molecule has 1 aliphatic rings. The van der Waals surface area contributed by atoms with Gasteiger partial charge >= 0.3 is 5.97 Å². The number of esters is 1. The molecule has 1 fully saturated rings. The zero-order valence-corrected chi connectivity index (χ0v) is 11.8. The highest BCUT2D eigenvalue weighted by atomic mass is 16.6. The number of amides is 1. The van der Waals surface area contributed by atoms with E-state index >= 15 is 0 Å². The van der Waals surface area contributed by atoms with E-state index in [1.807, 2.05) is 0 Å². The van der Waals surface area contributed by atoms with Crippen LogP contribution in [0, 0.1) is 0 Å². The summed E-state index contributed by atoms with van der Waals surface area (Å²) < 4.78 is 11.2. The molecule has 1 aromatic rings. The number of carbonyl (C=O) groups excluding carboxylic acids is 2. The Bertz CT molecular complexity index is 579. The molecule has 12 nitrogen and oxygen atoms in total. The molecule has 0 unspecified atom stereocenters. The molecule has 0 spiro atoms. The summed E-state index contributed by atoms with van der Waals surface area (Å²) in [5.74, 6) is -2.02. The summed E-state index contributed by atoms with van der Waals surface area (Å²) in [6.45, 7) is -0.981. The number of nitrogens with zero attached hydrogens (tertiary/aromatic N) is 3. The van der Waals surface area contributed by atoms with Gasteiger partial charge in [0, 0.05) is 0 Å². The first-order valence-corrected chi connectivity index (χ1v) is 6.60. The Morgan fingerprint density at radius 3 is 2.70 bits per heavy atom. The average molecular weight is 331 g/mol. The van der Waals surface area contributed by atoms with Gasteiger partial charge in [-0.3, -0.25) is 9.59 Å². The number of aliphatic hydroxyl groups excluding tert-OH is 3. The minimum atomic E-state index is -1.40. The summed E-state index contributed by atoms with van der Waals surface area (Å²) in [5, 5.41) is 32.3. The summed E-state index contributed by atoms with van der Waals surface area (Å²) in [7, 11) is 0. The zero-order valence-electron chi connectivity index (χ0n) is 11.8. The fraction of sp³-hybridized carbons (Fsp3) is 0.636. The molecule has 5 atom stereocenters. The highest BCUT2D eigenvalue weighted by molar-refractivity contribution is 5.88. The molecule has 1 amide bonds. The first-order chi connectivity index (χ1) is 10.8. The summed E-state index contributed by atoms with van der Waals surface area (Å²) in [6, 6.07) is -1.21. The Labute approximate surface area is 129 Å². The van der Waals surface area contributed by atoms with Crippen LogP contribution in [0.15, 0.2) is 6.33 Å². The fourth-order valence-corrected chi connectivity index (χ4v) is 1.94. The highest BCUT2D eigenvalue weighted by Gasteiger charge is 2.45. The number of aromatic nitrogens is 3. The van der Waals surface area contributed by atoms with Crippen molar-refractivity contribution in [2.75, 3.05) is 13.2 Å². The quantitative estimate of drug-likeness (QED) is 0.319. The minimum absolute atomic E-state index is 0.279. The number of hydrogen-bond donors (Lipinski definition) is 5. The smallest absolute Gasteiger partial charge is 0.325 e. The monoisotopic (exact) mass is 331 g/mol. The van der Waals surface area contributed by atoms with Gasteiger partial charge in [-0.15, -0.1) is 5.10 Å². The number of nitrogens with two attached hydrogens (primary N) is 2. The van der Waals surface area contributed by atoms with E-state index in [-0.39, 0.29) is 5.82 Å². The molecule has 12 heteroatoms. The topological polar surface area (TPSA) is 196 Å². The number of ether oxygens (including phenoxy) is 2. The molecular formula is C11H17N5O7. The van der Waals surface area contributed by atoms with Crippen LogP contribution in [-0.2, 0) is 14.3 Å². The van der Waals surface area contributed by atoms with Crippen molar-refractivity contribution >= 4 is 11.9 Å². The van der Waals surface area contributed by atoms with Crippen molar-refractivity contribution in [1.82, 2.24) is 14.8 Å². The molecule has 128 valence electrons. The maximum atomic E-state index is 11.4. The number of rotatable bonds is 6. The van der Waals surface area contributed by atoms with E-state index in [9.17, 15) is 19.8 Å². The van der Waals surface area contributed by atoms with Crippen LogP contribution in [0.25, 0.3) is 0 Å². The predicted molar refractivity (Wildman–Crippen MR) is 70.5 cm³/mol. The maximum Gasteiger partial charge on any atom is 0.325 e. The summed E-state index contributed by atoms with van der Waals surface area (Å²) in [4.78, 5) is 25.9. The lowest BCUT2D eigenvalue weighted by atomic mass is 10.1. The molecule has 2 rings (SSSR count). The zero-order chi connectivity index (χ0) is 17.1. The van der Waals surface area contributed by atoms with Crippen molar-refractivity contribution in [2.45, 2.75) is 30.6 Å². The highest BCUT2D eigenvalue weighted by Crippen LogP contribution is 2.28. The van der Waals surface area contributed by atoms with Gasteiger partial charge in [-0.05, 0) is 0 Å². The maximum absolute atomic E-state index is 11.4.